The maximum Gasteiger partial charge on any atom is 0.226 e. The van der Waals surface area contributed by atoms with Crippen LogP contribution in [0.15, 0.2) is 58.6 Å². The van der Waals surface area contributed by atoms with Gasteiger partial charge >= 0.3 is 0 Å². The van der Waals surface area contributed by atoms with Crippen molar-refractivity contribution in [1.82, 2.24) is 14.8 Å². The molecule has 0 saturated carbocycles. The highest BCUT2D eigenvalue weighted by Gasteiger charge is 2.40. The van der Waals surface area contributed by atoms with Gasteiger partial charge in [0.25, 0.3) is 0 Å². The average Bonchev–Trinajstić information content (AvgIpc) is 3.40. The van der Waals surface area contributed by atoms with E-state index in [1.165, 1.54) is 6.33 Å². The fraction of sp³-hybridized carbons (Fsp3) is 0.286. The van der Waals surface area contributed by atoms with E-state index in [0.717, 1.165) is 17.0 Å². The van der Waals surface area contributed by atoms with Crippen LogP contribution >= 0.6 is 0 Å². The van der Waals surface area contributed by atoms with Gasteiger partial charge in [0.15, 0.2) is 17.3 Å². The lowest BCUT2D eigenvalue weighted by Crippen LogP contribution is -2.33. The highest BCUT2D eigenvalue weighted by Crippen LogP contribution is 2.44. The number of aromatic hydroxyl groups is 1. The molecule has 2 atom stereocenters. The number of hydrogen-bond acceptors (Lipinski definition) is 7. The number of benzene rings is 1. The molecule has 3 aromatic rings. The molecule has 29 heavy (non-hydrogen) atoms. The SMILES string of the molecule is CCOc1cc([C@@H]2C3=C(C[C@H](c4ccco4)CC3=O)Nc3ncnn32)ccc1O. The summed E-state index contributed by atoms with van der Waals surface area (Å²) in [6, 6.07) is 8.43. The van der Waals surface area contributed by atoms with Crippen molar-refractivity contribution in [3.63, 3.8) is 0 Å². The van der Waals surface area contributed by atoms with Crippen LogP contribution in [0.1, 0.15) is 43.0 Å². The summed E-state index contributed by atoms with van der Waals surface area (Å²) in [7, 11) is 0. The number of carbonyl (C=O) groups excluding carboxylic acids is 1. The molecule has 3 heterocycles. The molecule has 0 bridgehead atoms. The minimum absolute atomic E-state index is 0.0160. The quantitative estimate of drug-likeness (QED) is 0.701. The van der Waals surface area contributed by atoms with Gasteiger partial charge in [-0.1, -0.05) is 6.07 Å². The number of Topliss-reactive ketones (excluding diaryl/α,β-unsaturated/α-hetero) is 1. The van der Waals surface area contributed by atoms with Crippen LogP contribution < -0.4 is 10.1 Å². The molecule has 1 aliphatic carbocycles. The molecule has 1 aliphatic heterocycles. The minimum Gasteiger partial charge on any atom is -0.504 e. The van der Waals surface area contributed by atoms with Gasteiger partial charge in [0.2, 0.25) is 5.95 Å². The molecule has 1 aromatic carbocycles. The molecular weight excluding hydrogens is 372 g/mol. The van der Waals surface area contributed by atoms with Crippen molar-refractivity contribution in [2.24, 2.45) is 0 Å². The number of rotatable bonds is 4. The molecule has 0 spiro atoms. The molecule has 148 valence electrons. The van der Waals surface area contributed by atoms with Gasteiger partial charge in [0, 0.05) is 23.6 Å². The fourth-order valence-corrected chi connectivity index (χ4v) is 4.16. The third-order valence-corrected chi connectivity index (χ3v) is 5.41. The Balaban J connectivity index is 1.61. The molecule has 0 saturated heterocycles. The summed E-state index contributed by atoms with van der Waals surface area (Å²) in [6.07, 6.45) is 4.11. The highest BCUT2D eigenvalue weighted by atomic mass is 16.5. The van der Waals surface area contributed by atoms with Crippen LogP contribution in [-0.2, 0) is 4.79 Å². The number of phenols is 1. The molecule has 2 aromatic heterocycles. The number of allylic oxidation sites excluding steroid dienone is 2. The molecule has 0 fully saturated rings. The van der Waals surface area contributed by atoms with Gasteiger partial charge in [-0.2, -0.15) is 10.1 Å². The van der Waals surface area contributed by atoms with Gasteiger partial charge in [-0.15, -0.1) is 0 Å². The van der Waals surface area contributed by atoms with E-state index in [4.69, 9.17) is 9.15 Å². The normalized spacial score (nSPS) is 20.8. The maximum atomic E-state index is 13.2. The van der Waals surface area contributed by atoms with Crippen molar-refractivity contribution in [1.29, 1.82) is 0 Å². The number of nitrogens with zero attached hydrogens (tertiary/aromatic N) is 3. The number of furan rings is 1. The predicted molar refractivity (Wildman–Crippen MR) is 104 cm³/mol. The molecule has 2 aliphatic rings. The second kappa shape index (κ2) is 6.80. The number of phenolic OH excluding ortho intramolecular Hbond substituents is 1. The van der Waals surface area contributed by atoms with Crippen LogP contribution in [-0.4, -0.2) is 32.3 Å². The van der Waals surface area contributed by atoms with E-state index in [-0.39, 0.29) is 17.5 Å². The largest absolute Gasteiger partial charge is 0.504 e. The van der Waals surface area contributed by atoms with Gasteiger partial charge in [0.1, 0.15) is 18.1 Å². The van der Waals surface area contributed by atoms with Crippen LogP contribution in [0.2, 0.25) is 0 Å². The van der Waals surface area contributed by atoms with Crippen molar-refractivity contribution in [3.05, 3.63) is 65.5 Å². The van der Waals surface area contributed by atoms with Crippen molar-refractivity contribution >= 4 is 11.7 Å². The van der Waals surface area contributed by atoms with Crippen LogP contribution in [0.3, 0.4) is 0 Å². The van der Waals surface area contributed by atoms with Crippen molar-refractivity contribution in [3.8, 4) is 11.5 Å². The number of fused-ring (bicyclic) bond motifs is 1. The summed E-state index contributed by atoms with van der Waals surface area (Å²) < 4.78 is 12.8. The van der Waals surface area contributed by atoms with Gasteiger partial charge in [-0.25, -0.2) is 4.68 Å². The van der Waals surface area contributed by atoms with Crippen LogP contribution in [0.25, 0.3) is 0 Å². The summed E-state index contributed by atoms with van der Waals surface area (Å²) in [6.45, 7) is 2.28. The van der Waals surface area contributed by atoms with Gasteiger partial charge in [-0.05, 0) is 43.2 Å². The van der Waals surface area contributed by atoms with E-state index in [2.05, 4.69) is 15.4 Å². The number of nitrogens with one attached hydrogen (secondary N) is 1. The van der Waals surface area contributed by atoms with E-state index in [9.17, 15) is 9.90 Å². The minimum atomic E-state index is -0.436. The summed E-state index contributed by atoms with van der Waals surface area (Å²) in [5, 5.41) is 17.7. The summed E-state index contributed by atoms with van der Waals surface area (Å²) in [4.78, 5) is 17.5. The second-order valence-corrected chi connectivity index (χ2v) is 7.15. The third kappa shape index (κ3) is 2.88. The standard InChI is InChI=1S/C21H20N4O4/c1-2-28-18-10-12(5-6-15(18)26)20-19-14(24-21-22-11-23-25(20)21)8-13(9-16(19)27)17-4-3-7-29-17/h3-7,10-11,13,20,26H,2,8-9H2,1H3,(H,22,23,24)/t13-,20+/m0/s1. The zero-order valence-corrected chi connectivity index (χ0v) is 15.8. The first-order valence-electron chi connectivity index (χ1n) is 9.57. The van der Waals surface area contributed by atoms with Crippen molar-refractivity contribution in [2.75, 3.05) is 11.9 Å². The zero-order valence-electron chi connectivity index (χ0n) is 15.8. The lowest BCUT2D eigenvalue weighted by molar-refractivity contribution is -0.117. The average molecular weight is 392 g/mol. The Morgan fingerprint density at radius 1 is 1.34 bits per heavy atom. The molecule has 0 radical (unpaired) electrons. The summed E-state index contributed by atoms with van der Waals surface area (Å²) in [5.74, 6) is 1.84. The van der Waals surface area contributed by atoms with Crippen LogP contribution in [0.4, 0.5) is 5.95 Å². The maximum absolute atomic E-state index is 13.2. The van der Waals surface area contributed by atoms with Crippen molar-refractivity contribution < 1.29 is 19.1 Å². The Hall–Kier alpha value is -3.55. The predicted octanol–water partition coefficient (Wildman–Crippen LogP) is 3.39. The Labute approximate surface area is 166 Å². The fourth-order valence-electron chi connectivity index (χ4n) is 4.16. The summed E-state index contributed by atoms with van der Waals surface area (Å²) >= 11 is 0. The van der Waals surface area contributed by atoms with E-state index < -0.39 is 6.04 Å². The summed E-state index contributed by atoms with van der Waals surface area (Å²) in [5.41, 5.74) is 2.30. The number of anilines is 1. The number of hydrogen-bond donors (Lipinski definition) is 2. The van der Waals surface area contributed by atoms with E-state index in [0.29, 0.717) is 36.7 Å². The number of carbonyl (C=O) groups is 1. The van der Waals surface area contributed by atoms with E-state index in [1.807, 2.05) is 19.1 Å². The van der Waals surface area contributed by atoms with Crippen LogP contribution in [0, 0.1) is 0 Å². The Morgan fingerprint density at radius 2 is 2.24 bits per heavy atom. The van der Waals surface area contributed by atoms with Crippen molar-refractivity contribution in [2.45, 2.75) is 31.7 Å². The molecule has 0 unspecified atom stereocenters. The highest BCUT2D eigenvalue weighted by molar-refractivity contribution is 6.00. The lowest BCUT2D eigenvalue weighted by Gasteiger charge is -2.34. The first-order valence-corrected chi connectivity index (χ1v) is 9.57. The third-order valence-electron chi connectivity index (χ3n) is 5.41. The first kappa shape index (κ1) is 17.5. The molecule has 8 nitrogen and oxygen atoms in total. The van der Waals surface area contributed by atoms with Gasteiger partial charge in [0.05, 0.1) is 12.9 Å². The molecule has 0 amide bonds. The number of ether oxygens (including phenoxy) is 1. The van der Waals surface area contributed by atoms with E-state index in [1.54, 1.807) is 29.1 Å². The second-order valence-electron chi connectivity index (χ2n) is 7.15. The van der Waals surface area contributed by atoms with Crippen LogP contribution in [0.5, 0.6) is 11.5 Å². The number of aromatic nitrogens is 3. The Morgan fingerprint density at radius 3 is 3.03 bits per heavy atom. The number of ketones is 1. The molecule has 5 rings (SSSR count). The Kier molecular flexibility index (Phi) is 4.12. The molecular formula is C21H20N4O4. The zero-order chi connectivity index (χ0) is 20.0. The first-order chi connectivity index (χ1) is 14.2. The van der Waals surface area contributed by atoms with E-state index >= 15 is 0 Å². The van der Waals surface area contributed by atoms with Gasteiger partial charge < -0.3 is 19.6 Å². The topological polar surface area (TPSA) is 102 Å². The van der Waals surface area contributed by atoms with Gasteiger partial charge in [-0.3, -0.25) is 4.79 Å². The smallest absolute Gasteiger partial charge is 0.226 e. The molecule has 2 N–H and O–H groups in total. The lowest BCUT2D eigenvalue weighted by atomic mass is 9.79. The monoisotopic (exact) mass is 392 g/mol. The Bertz CT molecular complexity index is 1100. The molecule has 8 heteroatoms.